The second-order valence-electron chi connectivity index (χ2n) is 5.88. The summed E-state index contributed by atoms with van der Waals surface area (Å²) in [5.41, 5.74) is 4.99. The number of rotatable bonds is 2. The molecular formula is C14H25N3O3. The van der Waals surface area contributed by atoms with E-state index in [0.29, 0.717) is 26.1 Å². The number of carbonyl (C=O) groups is 1. The molecule has 2 heterocycles. The number of ether oxygens (including phenoxy) is 1. The zero-order chi connectivity index (χ0) is 14.6. The lowest BCUT2D eigenvalue weighted by molar-refractivity contribution is -0.144. The molecule has 20 heavy (non-hydrogen) atoms. The SMILES string of the molecule is CC1CCCCCN1C(=O)C1(C(N)=NO)CCOCC1. The summed E-state index contributed by atoms with van der Waals surface area (Å²) in [6.07, 6.45) is 5.35. The second-order valence-corrected chi connectivity index (χ2v) is 5.88. The Morgan fingerprint density at radius 2 is 2.05 bits per heavy atom. The van der Waals surface area contributed by atoms with Gasteiger partial charge in [-0.3, -0.25) is 4.79 Å². The normalized spacial score (nSPS) is 27.9. The highest BCUT2D eigenvalue weighted by atomic mass is 16.5. The van der Waals surface area contributed by atoms with Crippen molar-refractivity contribution in [3.63, 3.8) is 0 Å². The number of oxime groups is 1. The lowest BCUT2D eigenvalue weighted by Crippen LogP contribution is -2.55. The highest BCUT2D eigenvalue weighted by Crippen LogP contribution is 2.35. The molecule has 0 bridgehead atoms. The minimum atomic E-state index is -0.883. The third-order valence-electron chi connectivity index (χ3n) is 4.67. The topological polar surface area (TPSA) is 88.2 Å². The van der Waals surface area contributed by atoms with Crippen LogP contribution in [0.4, 0.5) is 0 Å². The van der Waals surface area contributed by atoms with E-state index in [-0.39, 0.29) is 17.8 Å². The molecule has 0 saturated carbocycles. The Morgan fingerprint density at radius 3 is 2.70 bits per heavy atom. The summed E-state index contributed by atoms with van der Waals surface area (Å²) >= 11 is 0. The highest BCUT2D eigenvalue weighted by molar-refractivity contribution is 6.07. The number of hydrogen-bond donors (Lipinski definition) is 2. The summed E-state index contributed by atoms with van der Waals surface area (Å²) < 4.78 is 5.35. The van der Waals surface area contributed by atoms with E-state index in [9.17, 15) is 4.79 Å². The maximum Gasteiger partial charge on any atom is 0.236 e. The second kappa shape index (κ2) is 6.43. The maximum atomic E-state index is 13.0. The van der Waals surface area contributed by atoms with Crippen LogP contribution in [0, 0.1) is 5.41 Å². The highest BCUT2D eigenvalue weighted by Gasteiger charge is 2.47. The minimum absolute atomic E-state index is 0.00509. The molecule has 6 heteroatoms. The molecule has 0 aromatic heterocycles. The van der Waals surface area contributed by atoms with Crippen LogP contribution in [0.15, 0.2) is 5.16 Å². The van der Waals surface area contributed by atoms with Gasteiger partial charge in [-0.1, -0.05) is 18.0 Å². The Hall–Kier alpha value is -1.30. The molecule has 2 saturated heterocycles. The fraction of sp³-hybridized carbons (Fsp3) is 0.857. The molecule has 0 spiro atoms. The van der Waals surface area contributed by atoms with Gasteiger partial charge in [0.1, 0.15) is 5.41 Å². The van der Waals surface area contributed by atoms with E-state index in [0.717, 1.165) is 32.2 Å². The van der Waals surface area contributed by atoms with Crippen LogP contribution >= 0.6 is 0 Å². The molecule has 0 radical (unpaired) electrons. The lowest BCUT2D eigenvalue weighted by Gasteiger charge is -2.40. The van der Waals surface area contributed by atoms with Gasteiger partial charge in [0.05, 0.1) is 0 Å². The van der Waals surface area contributed by atoms with Gasteiger partial charge in [-0.25, -0.2) is 0 Å². The Kier molecular flexibility index (Phi) is 4.86. The molecule has 1 unspecified atom stereocenters. The molecular weight excluding hydrogens is 258 g/mol. The van der Waals surface area contributed by atoms with Crippen molar-refractivity contribution in [3.8, 4) is 0 Å². The summed E-state index contributed by atoms with van der Waals surface area (Å²) in [6, 6.07) is 0.219. The minimum Gasteiger partial charge on any atom is -0.409 e. The number of amidine groups is 1. The average molecular weight is 283 g/mol. The summed E-state index contributed by atoms with van der Waals surface area (Å²) in [4.78, 5) is 15.0. The monoisotopic (exact) mass is 283 g/mol. The van der Waals surface area contributed by atoms with E-state index in [1.165, 1.54) is 0 Å². The summed E-state index contributed by atoms with van der Waals surface area (Å²) in [5, 5.41) is 12.2. The van der Waals surface area contributed by atoms with Crippen LogP contribution in [0.5, 0.6) is 0 Å². The van der Waals surface area contributed by atoms with Crippen molar-refractivity contribution in [2.45, 2.75) is 51.5 Å². The summed E-state index contributed by atoms with van der Waals surface area (Å²) in [7, 11) is 0. The van der Waals surface area contributed by atoms with Crippen molar-refractivity contribution in [1.29, 1.82) is 0 Å². The Labute approximate surface area is 119 Å². The van der Waals surface area contributed by atoms with E-state index in [1.54, 1.807) is 0 Å². The van der Waals surface area contributed by atoms with Crippen molar-refractivity contribution in [1.82, 2.24) is 4.90 Å². The van der Waals surface area contributed by atoms with Gasteiger partial charge in [0, 0.05) is 25.8 Å². The number of nitrogens with zero attached hydrogens (tertiary/aromatic N) is 2. The van der Waals surface area contributed by atoms with Crippen LogP contribution in [-0.4, -0.2) is 47.7 Å². The van der Waals surface area contributed by atoms with Crippen LogP contribution in [0.2, 0.25) is 0 Å². The van der Waals surface area contributed by atoms with Crippen molar-refractivity contribution in [3.05, 3.63) is 0 Å². The van der Waals surface area contributed by atoms with Crippen LogP contribution in [0.3, 0.4) is 0 Å². The van der Waals surface area contributed by atoms with Crippen LogP contribution in [0.1, 0.15) is 45.4 Å². The van der Waals surface area contributed by atoms with Gasteiger partial charge in [-0.2, -0.15) is 0 Å². The Bertz CT molecular complexity index is 378. The first-order valence-corrected chi connectivity index (χ1v) is 7.48. The number of nitrogens with two attached hydrogens (primary N) is 1. The molecule has 2 rings (SSSR count). The number of amides is 1. The number of hydrogen-bond acceptors (Lipinski definition) is 4. The molecule has 3 N–H and O–H groups in total. The molecule has 0 aromatic carbocycles. The molecule has 0 aromatic rings. The average Bonchev–Trinajstić information content (AvgIpc) is 2.70. The van der Waals surface area contributed by atoms with Crippen molar-refractivity contribution >= 4 is 11.7 Å². The van der Waals surface area contributed by atoms with Crippen LogP contribution in [0.25, 0.3) is 0 Å². The fourth-order valence-electron chi connectivity index (χ4n) is 3.25. The van der Waals surface area contributed by atoms with Crippen molar-refractivity contribution in [2.24, 2.45) is 16.3 Å². The Balaban J connectivity index is 2.25. The number of carbonyl (C=O) groups excluding carboxylic acids is 1. The molecule has 2 aliphatic rings. The van der Waals surface area contributed by atoms with Gasteiger partial charge in [-0.15, -0.1) is 0 Å². The molecule has 1 atom stereocenters. The molecule has 0 aliphatic carbocycles. The quantitative estimate of drug-likeness (QED) is 0.346. The van der Waals surface area contributed by atoms with Gasteiger partial charge in [0.25, 0.3) is 0 Å². The number of likely N-dealkylation sites (tertiary alicyclic amines) is 1. The molecule has 2 fully saturated rings. The summed E-state index contributed by atoms with van der Waals surface area (Å²) in [6.45, 7) is 3.80. The standard InChI is InChI=1S/C14H25N3O3/c1-11-5-3-2-4-8-17(11)13(18)14(12(15)16-19)6-9-20-10-7-14/h11,19H,2-10H2,1H3,(H2,15,16). The first kappa shape index (κ1) is 15.1. The first-order valence-electron chi connectivity index (χ1n) is 7.48. The maximum absolute atomic E-state index is 13.0. The third kappa shape index (κ3) is 2.75. The van der Waals surface area contributed by atoms with Gasteiger partial charge in [-0.05, 0) is 32.6 Å². The predicted octanol–water partition coefficient (Wildman–Crippen LogP) is 1.32. The third-order valence-corrected chi connectivity index (χ3v) is 4.67. The van der Waals surface area contributed by atoms with Crippen LogP contribution in [-0.2, 0) is 9.53 Å². The van der Waals surface area contributed by atoms with E-state index >= 15 is 0 Å². The van der Waals surface area contributed by atoms with E-state index in [2.05, 4.69) is 12.1 Å². The molecule has 1 amide bonds. The van der Waals surface area contributed by atoms with Gasteiger partial charge >= 0.3 is 0 Å². The van der Waals surface area contributed by atoms with E-state index in [1.807, 2.05) is 4.90 Å². The Morgan fingerprint density at radius 1 is 1.35 bits per heavy atom. The molecule has 6 nitrogen and oxygen atoms in total. The zero-order valence-corrected chi connectivity index (χ0v) is 12.2. The largest absolute Gasteiger partial charge is 0.409 e. The van der Waals surface area contributed by atoms with E-state index in [4.69, 9.17) is 15.7 Å². The van der Waals surface area contributed by atoms with Gasteiger partial charge < -0.3 is 20.6 Å². The fourth-order valence-corrected chi connectivity index (χ4v) is 3.25. The summed E-state index contributed by atoms with van der Waals surface area (Å²) in [5.74, 6) is 0.0350. The van der Waals surface area contributed by atoms with Crippen molar-refractivity contribution in [2.75, 3.05) is 19.8 Å². The predicted molar refractivity (Wildman–Crippen MR) is 75.5 cm³/mol. The molecule has 2 aliphatic heterocycles. The van der Waals surface area contributed by atoms with E-state index < -0.39 is 5.41 Å². The lowest BCUT2D eigenvalue weighted by atomic mass is 9.77. The van der Waals surface area contributed by atoms with Crippen molar-refractivity contribution < 1.29 is 14.7 Å². The smallest absolute Gasteiger partial charge is 0.236 e. The first-order chi connectivity index (χ1) is 9.62. The van der Waals surface area contributed by atoms with Gasteiger partial charge in [0.15, 0.2) is 5.84 Å². The zero-order valence-electron chi connectivity index (χ0n) is 12.2. The van der Waals surface area contributed by atoms with Crippen LogP contribution < -0.4 is 5.73 Å². The van der Waals surface area contributed by atoms with Gasteiger partial charge in [0.2, 0.25) is 5.91 Å². The molecule has 114 valence electrons.